The zero-order valence-corrected chi connectivity index (χ0v) is 12.1. The van der Waals surface area contributed by atoms with Gasteiger partial charge in [-0.05, 0) is 23.8 Å². The van der Waals surface area contributed by atoms with Gasteiger partial charge in [0.15, 0.2) is 5.69 Å². The number of aromatic nitrogens is 2. The van der Waals surface area contributed by atoms with Crippen LogP contribution in [0.3, 0.4) is 0 Å². The van der Waals surface area contributed by atoms with Crippen LogP contribution in [-0.2, 0) is 12.7 Å². The molecule has 0 atom stereocenters. The van der Waals surface area contributed by atoms with E-state index in [2.05, 4.69) is 5.10 Å². The van der Waals surface area contributed by atoms with Gasteiger partial charge in [0, 0.05) is 12.1 Å². The zero-order chi connectivity index (χ0) is 16.4. The molecule has 1 heterocycles. The predicted octanol–water partition coefficient (Wildman–Crippen LogP) is 4.02. The molecule has 0 saturated carbocycles. The van der Waals surface area contributed by atoms with Crippen LogP contribution < -0.4 is 5.73 Å². The molecule has 0 spiro atoms. The Bertz CT molecular complexity index is 790. The lowest BCUT2D eigenvalue weighted by molar-refractivity contribution is -0.141. The minimum absolute atomic E-state index is 0.381. The van der Waals surface area contributed by atoms with Gasteiger partial charge in [0.2, 0.25) is 0 Å². The summed E-state index contributed by atoms with van der Waals surface area (Å²) in [7, 11) is 0. The average Bonchev–Trinajstić information content (AvgIpc) is 3.01. The molecule has 0 bridgehead atoms. The van der Waals surface area contributed by atoms with Crippen molar-refractivity contribution in [2.45, 2.75) is 12.7 Å². The van der Waals surface area contributed by atoms with Gasteiger partial charge in [-0.25, -0.2) is 4.68 Å². The number of nitrogens with zero attached hydrogens (tertiary/aromatic N) is 2. The first-order chi connectivity index (χ1) is 11.0. The van der Waals surface area contributed by atoms with Gasteiger partial charge in [-0.15, -0.1) is 0 Å². The first kappa shape index (κ1) is 15.3. The molecular formula is C17H14F3N3. The molecule has 0 fully saturated rings. The Kier molecular flexibility index (Phi) is 3.92. The molecule has 3 rings (SSSR count). The van der Waals surface area contributed by atoms with E-state index in [0.717, 1.165) is 11.6 Å². The normalized spacial score (nSPS) is 11.7. The molecule has 0 saturated heterocycles. The highest BCUT2D eigenvalue weighted by Crippen LogP contribution is 2.33. The van der Waals surface area contributed by atoms with Crippen molar-refractivity contribution < 1.29 is 13.2 Å². The highest BCUT2D eigenvalue weighted by molar-refractivity contribution is 5.63. The summed E-state index contributed by atoms with van der Waals surface area (Å²) in [6.07, 6.45) is -4.49. The van der Waals surface area contributed by atoms with E-state index >= 15 is 0 Å². The third kappa shape index (κ3) is 3.12. The van der Waals surface area contributed by atoms with Gasteiger partial charge in [-0.2, -0.15) is 18.3 Å². The number of benzene rings is 2. The molecule has 6 heteroatoms. The number of nitrogens with two attached hydrogens (primary N) is 1. The molecule has 2 N–H and O–H groups in total. The molecule has 0 amide bonds. The number of halogens is 3. The van der Waals surface area contributed by atoms with Crippen LogP contribution in [0.1, 0.15) is 11.3 Å². The van der Waals surface area contributed by atoms with Gasteiger partial charge in [0.05, 0.1) is 11.4 Å². The maximum Gasteiger partial charge on any atom is 0.435 e. The summed E-state index contributed by atoms with van der Waals surface area (Å²) in [6, 6.07) is 16.9. The number of rotatable bonds is 3. The van der Waals surface area contributed by atoms with Crippen LogP contribution in [0.5, 0.6) is 0 Å². The molecule has 0 radical (unpaired) electrons. The Morgan fingerprint density at radius 3 is 2.17 bits per heavy atom. The third-order valence-electron chi connectivity index (χ3n) is 3.49. The van der Waals surface area contributed by atoms with Crippen LogP contribution in [-0.4, -0.2) is 9.78 Å². The van der Waals surface area contributed by atoms with E-state index in [0.29, 0.717) is 23.5 Å². The van der Waals surface area contributed by atoms with E-state index in [9.17, 15) is 13.2 Å². The molecule has 2 aromatic carbocycles. The van der Waals surface area contributed by atoms with Gasteiger partial charge in [0.25, 0.3) is 0 Å². The Morgan fingerprint density at radius 2 is 1.61 bits per heavy atom. The van der Waals surface area contributed by atoms with E-state index < -0.39 is 11.9 Å². The maximum atomic E-state index is 13.0. The monoisotopic (exact) mass is 317 g/mol. The maximum absolute atomic E-state index is 13.0. The Hall–Kier alpha value is -2.60. The van der Waals surface area contributed by atoms with Crippen LogP contribution in [0.4, 0.5) is 13.2 Å². The zero-order valence-electron chi connectivity index (χ0n) is 12.1. The number of para-hydroxylation sites is 1. The van der Waals surface area contributed by atoms with Crippen molar-refractivity contribution in [1.82, 2.24) is 9.78 Å². The summed E-state index contributed by atoms with van der Waals surface area (Å²) >= 11 is 0. The first-order valence-electron chi connectivity index (χ1n) is 7.01. The van der Waals surface area contributed by atoms with Gasteiger partial charge in [-0.3, -0.25) is 0 Å². The first-order valence-corrected chi connectivity index (χ1v) is 7.01. The standard InChI is InChI=1S/C17H14F3N3/c18-17(19,20)16-10-15(13-8-6-12(11-21)7-9-13)23(22-16)14-4-2-1-3-5-14/h1-10H,11,21H2. The van der Waals surface area contributed by atoms with Crippen molar-refractivity contribution >= 4 is 0 Å². The fourth-order valence-corrected chi connectivity index (χ4v) is 2.30. The third-order valence-corrected chi connectivity index (χ3v) is 3.49. The minimum atomic E-state index is -4.49. The SMILES string of the molecule is NCc1ccc(-c2cc(C(F)(F)F)nn2-c2ccccc2)cc1. The summed E-state index contributed by atoms with van der Waals surface area (Å²) in [5.74, 6) is 0. The van der Waals surface area contributed by atoms with Crippen molar-refractivity contribution in [2.75, 3.05) is 0 Å². The second kappa shape index (κ2) is 5.89. The number of hydrogen-bond acceptors (Lipinski definition) is 2. The Morgan fingerprint density at radius 1 is 0.957 bits per heavy atom. The van der Waals surface area contributed by atoms with Crippen LogP contribution in [0.15, 0.2) is 60.7 Å². The van der Waals surface area contributed by atoms with E-state index in [1.54, 1.807) is 54.6 Å². The topological polar surface area (TPSA) is 43.8 Å². The van der Waals surface area contributed by atoms with Gasteiger partial charge in [-0.1, -0.05) is 42.5 Å². The summed E-state index contributed by atoms with van der Waals surface area (Å²) in [5, 5.41) is 3.74. The summed E-state index contributed by atoms with van der Waals surface area (Å²) in [5.41, 5.74) is 7.15. The highest BCUT2D eigenvalue weighted by Gasteiger charge is 2.35. The lowest BCUT2D eigenvalue weighted by Crippen LogP contribution is -2.07. The largest absolute Gasteiger partial charge is 0.435 e. The summed E-state index contributed by atoms with van der Waals surface area (Å²) in [4.78, 5) is 0. The van der Waals surface area contributed by atoms with Crippen LogP contribution in [0.25, 0.3) is 16.9 Å². The molecular weight excluding hydrogens is 303 g/mol. The van der Waals surface area contributed by atoms with E-state index in [4.69, 9.17) is 5.73 Å². The Balaban J connectivity index is 2.15. The molecule has 118 valence electrons. The van der Waals surface area contributed by atoms with Gasteiger partial charge in [0.1, 0.15) is 0 Å². The fraction of sp³-hybridized carbons (Fsp3) is 0.118. The molecule has 3 nitrogen and oxygen atoms in total. The number of hydrogen-bond donors (Lipinski definition) is 1. The molecule has 0 aliphatic rings. The van der Waals surface area contributed by atoms with Crippen molar-refractivity contribution in [3.8, 4) is 16.9 Å². The molecule has 1 aromatic heterocycles. The van der Waals surface area contributed by atoms with Crippen LogP contribution in [0, 0.1) is 0 Å². The van der Waals surface area contributed by atoms with Crippen molar-refractivity contribution in [1.29, 1.82) is 0 Å². The van der Waals surface area contributed by atoms with Crippen LogP contribution in [0.2, 0.25) is 0 Å². The Labute approximate surface area is 131 Å². The second-order valence-corrected chi connectivity index (χ2v) is 5.06. The second-order valence-electron chi connectivity index (χ2n) is 5.06. The number of alkyl halides is 3. The predicted molar refractivity (Wildman–Crippen MR) is 81.9 cm³/mol. The van der Waals surface area contributed by atoms with Crippen molar-refractivity contribution in [2.24, 2.45) is 5.73 Å². The minimum Gasteiger partial charge on any atom is -0.326 e. The highest BCUT2D eigenvalue weighted by atomic mass is 19.4. The molecule has 0 unspecified atom stereocenters. The fourth-order valence-electron chi connectivity index (χ4n) is 2.30. The van der Waals surface area contributed by atoms with Gasteiger partial charge >= 0.3 is 6.18 Å². The lowest BCUT2D eigenvalue weighted by atomic mass is 10.1. The molecule has 3 aromatic rings. The lowest BCUT2D eigenvalue weighted by Gasteiger charge is -2.08. The summed E-state index contributed by atoms with van der Waals surface area (Å²) < 4.78 is 40.4. The molecule has 23 heavy (non-hydrogen) atoms. The van der Waals surface area contributed by atoms with E-state index in [1.807, 2.05) is 0 Å². The molecule has 0 aliphatic carbocycles. The smallest absolute Gasteiger partial charge is 0.326 e. The van der Waals surface area contributed by atoms with E-state index in [-0.39, 0.29) is 0 Å². The molecule has 0 aliphatic heterocycles. The van der Waals surface area contributed by atoms with Crippen LogP contribution >= 0.6 is 0 Å². The van der Waals surface area contributed by atoms with Gasteiger partial charge < -0.3 is 5.73 Å². The van der Waals surface area contributed by atoms with Crippen molar-refractivity contribution in [3.05, 3.63) is 71.9 Å². The van der Waals surface area contributed by atoms with E-state index in [1.165, 1.54) is 4.68 Å². The van der Waals surface area contributed by atoms with Crippen molar-refractivity contribution in [3.63, 3.8) is 0 Å². The average molecular weight is 317 g/mol. The summed E-state index contributed by atoms with van der Waals surface area (Å²) in [6.45, 7) is 0.381. The quantitative estimate of drug-likeness (QED) is 0.793.